The lowest BCUT2D eigenvalue weighted by molar-refractivity contribution is 0.503. The molecule has 2 aromatic heterocycles. The highest BCUT2D eigenvalue weighted by Crippen LogP contribution is 2.32. The Morgan fingerprint density at radius 3 is 2.53 bits per heavy atom. The predicted molar refractivity (Wildman–Crippen MR) is 137 cm³/mol. The van der Waals surface area contributed by atoms with Gasteiger partial charge in [-0.2, -0.15) is 0 Å². The van der Waals surface area contributed by atoms with Crippen LogP contribution in [-0.2, 0) is 0 Å². The van der Waals surface area contributed by atoms with Crippen molar-refractivity contribution in [3.63, 3.8) is 0 Å². The largest absolute Gasteiger partial charge is 0.355 e. The van der Waals surface area contributed by atoms with Crippen molar-refractivity contribution in [3.05, 3.63) is 48.4 Å². The summed E-state index contributed by atoms with van der Waals surface area (Å²) in [7, 11) is 1.26. The van der Waals surface area contributed by atoms with Crippen LogP contribution < -0.4 is 10.4 Å². The van der Waals surface area contributed by atoms with Gasteiger partial charge in [0, 0.05) is 25.2 Å². The van der Waals surface area contributed by atoms with Crippen molar-refractivity contribution in [2.45, 2.75) is 82.4 Å². The normalized spacial score (nSPS) is 21.5. The van der Waals surface area contributed by atoms with Gasteiger partial charge in [0.25, 0.3) is 0 Å². The fourth-order valence-corrected chi connectivity index (χ4v) is 5.96. The summed E-state index contributed by atoms with van der Waals surface area (Å²) in [5.74, 6) is 2.53. The molecule has 1 aliphatic heterocycles. The van der Waals surface area contributed by atoms with E-state index in [9.17, 15) is 0 Å². The van der Waals surface area contributed by atoms with Gasteiger partial charge in [-0.3, -0.25) is 0 Å². The van der Waals surface area contributed by atoms with Crippen LogP contribution in [0.1, 0.15) is 82.1 Å². The maximum absolute atomic E-state index is 4.65. The van der Waals surface area contributed by atoms with Gasteiger partial charge >= 0.3 is 0 Å². The number of hydrogen-bond acceptors (Lipinski definition) is 3. The first-order valence-electron chi connectivity index (χ1n) is 13.0. The molecule has 5 heteroatoms. The Morgan fingerprint density at radius 1 is 0.875 bits per heavy atom. The third-order valence-electron chi connectivity index (χ3n) is 7.73. The molecule has 1 N–H and O–H groups in total. The lowest BCUT2D eigenvalue weighted by Crippen LogP contribution is -2.35. The summed E-state index contributed by atoms with van der Waals surface area (Å²) in [5.41, 5.74) is 4.01. The molecule has 1 aromatic carbocycles. The van der Waals surface area contributed by atoms with Gasteiger partial charge < -0.3 is 9.88 Å². The average Bonchev–Trinajstić information content (AvgIpc) is 3.33. The van der Waals surface area contributed by atoms with Crippen molar-refractivity contribution >= 4 is 29.6 Å². The van der Waals surface area contributed by atoms with E-state index < -0.39 is 0 Å². The number of hydrogen-bond donors (Lipinski definition) is 1. The minimum Gasteiger partial charge on any atom is -0.355 e. The van der Waals surface area contributed by atoms with Crippen molar-refractivity contribution in [3.8, 4) is 0 Å². The summed E-state index contributed by atoms with van der Waals surface area (Å²) in [6.45, 7) is 2.12. The molecule has 1 atom stereocenters. The molecule has 0 bridgehead atoms. The molecule has 1 aliphatic carbocycles. The first-order chi connectivity index (χ1) is 15.9. The summed E-state index contributed by atoms with van der Waals surface area (Å²) >= 11 is 0. The van der Waals surface area contributed by atoms with Crippen LogP contribution in [0.5, 0.6) is 0 Å². The second kappa shape index (κ2) is 10.5. The average molecular weight is 428 g/mol. The summed E-state index contributed by atoms with van der Waals surface area (Å²) in [5, 5.41) is 1.14. The van der Waals surface area contributed by atoms with Gasteiger partial charge in [-0.15, -0.1) is 0 Å². The molecule has 0 spiro atoms. The number of rotatable bonds is 4. The number of nitrogens with zero attached hydrogens (tertiary/aromatic N) is 3. The highest BCUT2D eigenvalue weighted by Gasteiger charge is 2.24. The summed E-state index contributed by atoms with van der Waals surface area (Å²) < 4.78 is 0. The second-order valence-corrected chi connectivity index (χ2v) is 10.1. The zero-order valence-electron chi connectivity index (χ0n) is 19.4. The third kappa shape index (κ3) is 5.19. The fourth-order valence-electron chi connectivity index (χ4n) is 5.96. The van der Waals surface area contributed by atoms with E-state index in [1.54, 1.807) is 11.8 Å². The Hall–Kier alpha value is -2.30. The van der Waals surface area contributed by atoms with Crippen LogP contribution in [0, 0.1) is 0 Å². The number of piperidine rings is 1. The number of nitrogens with one attached hydrogen (secondary N) is 1. The Kier molecular flexibility index (Phi) is 7.10. The molecule has 0 radical (unpaired) electrons. The minimum absolute atomic E-state index is 0.580. The van der Waals surface area contributed by atoms with E-state index in [-0.39, 0.29) is 0 Å². The molecule has 4 nitrogen and oxygen atoms in total. The number of fused-ring (bicyclic) bond motifs is 1. The third-order valence-corrected chi connectivity index (χ3v) is 7.73. The van der Waals surface area contributed by atoms with Crippen LogP contribution in [0.2, 0.25) is 5.82 Å². The Labute approximate surface area is 193 Å². The van der Waals surface area contributed by atoms with Gasteiger partial charge in [-0.25, -0.2) is 9.97 Å². The Morgan fingerprint density at radius 2 is 1.69 bits per heavy atom. The van der Waals surface area contributed by atoms with Gasteiger partial charge in [0.15, 0.2) is 7.28 Å². The molecule has 3 heterocycles. The van der Waals surface area contributed by atoms with Crippen LogP contribution in [-0.4, -0.2) is 35.3 Å². The summed E-state index contributed by atoms with van der Waals surface area (Å²) in [4.78, 5) is 14.7. The monoisotopic (exact) mass is 428 g/mol. The van der Waals surface area contributed by atoms with Gasteiger partial charge in [-0.1, -0.05) is 93.3 Å². The number of aromatic amines is 1. The molecular weight excluding hydrogens is 391 g/mol. The summed E-state index contributed by atoms with van der Waals surface area (Å²) in [6, 6.07) is 11.7. The maximum Gasteiger partial charge on any atom is 0.160 e. The number of benzene rings is 1. The topological polar surface area (TPSA) is 44.8 Å². The molecule has 1 saturated carbocycles. The lowest BCUT2D eigenvalue weighted by Gasteiger charge is -2.34. The van der Waals surface area contributed by atoms with Crippen molar-refractivity contribution in [1.82, 2.24) is 15.0 Å². The standard InChI is InChI=1S/C27H37BN4/c1-2-4-6-12-23(13-7-5-3-1)28-24-14-8-10-21(18-24)22-11-9-17-32(19-22)27-25-15-16-29-26(25)30-20-31-27/h8,10,14-16,18,20,22-23,28H,1-7,9,11-13,17,19H2,(H,29,30,31). The van der Waals surface area contributed by atoms with E-state index in [0.29, 0.717) is 5.92 Å². The van der Waals surface area contributed by atoms with Crippen LogP contribution in [0.4, 0.5) is 5.82 Å². The lowest BCUT2D eigenvalue weighted by atomic mass is 9.55. The van der Waals surface area contributed by atoms with E-state index in [0.717, 1.165) is 35.8 Å². The van der Waals surface area contributed by atoms with Crippen LogP contribution in [0.15, 0.2) is 42.9 Å². The van der Waals surface area contributed by atoms with Gasteiger partial charge in [0.1, 0.15) is 17.8 Å². The minimum atomic E-state index is 0.580. The van der Waals surface area contributed by atoms with Gasteiger partial charge in [-0.05, 0) is 24.5 Å². The first-order valence-corrected chi connectivity index (χ1v) is 13.0. The van der Waals surface area contributed by atoms with Crippen molar-refractivity contribution in [2.75, 3.05) is 18.0 Å². The Balaban J connectivity index is 1.27. The highest BCUT2D eigenvalue weighted by molar-refractivity contribution is 6.55. The van der Waals surface area contributed by atoms with Crippen molar-refractivity contribution < 1.29 is 0 Å². The number of anilines is 1. The first kappa shape index (κ1) is 21.5. The van der Waals surface area contributed by atoms with Gasteiger partial charge in [0.05, 0.1) is 5.39 Å². The molecule has 32 heavy (non-hydrogen) atoms. The molecule has 2 aliphatic rings. The molecule has 3 aromatic rings. The Bertz CT molecular complexity index is 990. The van der Waals surface area contributed by atoms with Crippen LogP contribution >= 0.6 is 0 Å². The predicted octanol–water partition coefficient (Wildman–Crippen LogP) is 5.72. The van der Waals surface area contributed by atoms with E-state index in [2.05, 4.69) is 50.2 Å². The second-order valence-electron chi connectivity index (χ2n) is 10.1. The van der Waals surface area contributed by atoms with Crippen LogP contribution in [0.3, 0.4) is 0 Å². The molecule has 1 saturated heterocycles. The number of aromatic nitrogens is 3. The molecule has 168 valence electrons. The van der Waals surface area contributed by atoms with E-state index in [1.807, 2.05) is 6.20 Å². The summed E-state index contributed by atoms with van der Waals surface area (Å²) in [6.07, 6.45) is 19.0. The molecule has 5 rings (SSSR count). The van der Waals surface area contributed by atoms with E-state index in [4.69, 9.17) is 0 Å². The smallest absolute Gasteiger partial charge is 0.160 e. The SMILES string of the molecule is B(c1cccc(C2CCCN(c3ncnc4[nH]ccc34)C2)c1)C1CCCCCCCCC1. The van der Waals surface area contributed by atoms with Crippen LogP contribution in [0.25, 0.3) is 11.0 Å². The van der Waals surface area contributed by atoms with E-state index >= 15 is 0 Å². The zero-order valence-corrected chi connectivity index (χ0v) is 19.4. The molecule has 1 unspecified atom stereocenters. The maximum atomic E-state index is 4.65. The zero-order chi connectivity index (χ0) is 21.6. The molecule has 2 fully saturated rings. The van der Waals surface area contributed by atoms with Crippen molar-refractivity contribution in [1.29, 1.82) is 0 Å². The fraction of sp³-hybridized carbons (Fsp3) is 0.556. The van der Waals surface area contributed by atoms with Crippen molar-refractivity contribution in [2.24, 2.45) is 0 Å². The molecular formula is C27H37BN4. The van der Waals surface area contributed by atoms with E-state index in [1.165, 1.54) is 83.5 Å². The van der Waals surface area contributed by atoms with Gasteiger partial charge in [0.2, 0.25) is 0 Å². The quantitative estimate of drug-likeness (QED) is 0.541. The number of H-pyrrole nitrogens is 1. The highest BCUT2D eigenvalue weighted by atomic mass is 15.2. The molecule has 0 amide bonds.